The molecule has 0 aliphatic carbocycles. The summed E-state index contributed by atoms with van der Waals surface area (Å²) < 4.78 is 38.9. The highest BCUT2D eigenvalue weighted by Gasteiger charge is 2.40. The molecule has 0 bridgehead atoms. The van der Waals surface area contributed by atoms with Crippen molar-refractivity contribution in [3.05, 3.63) is 52.8 Å². The molecule has 186 valence electrons. The van der Waals surface area contributed by atoms with Gasteiger partial charge in [0.25, 0.3) is 5.91 Å². The van der Waals surface area contributed by atoms with Gasteiger partial charge in [0.05, 0.1) is 35.3 Å². The molecule has 4 rings (SSSR count). The predicted molar refractivity (Wildman–Crippen MR) is 132 cm³/mol. The molecule has 2 aliphatic rings. The number of rotatable bonds is 6. The molecule has 2 atom stereocenters. The maximum Gasteiger partial charge on any atom is 0.265 e. The van der Waals surface area contributed by atoms with Crippen LogP contribution in [0.4, 0.5) is 10.1 Å². The van der Waals surface area contributed by atoms with Gasteiger partial charge < -0.3 is 14.4 Å². The van der Waals surface area contributed by atoms with E-state index >= 15 is 0 Å². The van der Waals surface area contributed by atoms with Crippen LogP contribution in [0.15, 0.2) is 36.4 Å². The second kappa shape index (κ2) is 10.4. The molecule has 2 aliphatic heterocycles. The van der Waals surface area contributed by atoms with Crippen molar-refractivity contribution in [2.24, 2.45) is 5.41 Å². The maximum atomic E-state index is 13.4. The summed E-state index contributed by atoms with van der Waals surface area (Å²) >= 11 is 6.31. The summed E-state index contributed by atoms with van der Waals surface area (Å²) in [6.07, 6.45) is 2.20. The zero-order valence-electron chi connectivity index (χ0n) is 19.6. The smallest absolute Gasteiger partial charge is 0.265 e. The first-order chi connectivity index (χ1) is 16.7. The van der Waals surface area contributed by atoms with E-state index in [1.807, 2.05) is 6.92 Å². The summed E-state index contributed by atoms with van der Waals surface area (Å²) in [7, 11) is -1.40. The van der Waals surface area contributed by atoms with Gasteiger partial charge in [-0.15, -0.1) is 0 Å². The number of ether oxygens (including phenoxy) is 2. The van der Waals surface area contributed by atoms with Crippen LogP contribution in [0.25, 0.3) is 0 Å². The summed E-state index contributed by atoms with van der Waals surface area (Å²) in [4.78, 5) is 15.1. The van der Waals surface area contributed by atoms with Crippen molar-refractivity contribution in [3.8, 4) is 17.6 Å². The number of carbonyl (C=O) groups excluding carboxylic acids is 1. The van der Waals surface area contributed by atoms with Gasteiger partial charge in [-0.25, -0.2) is 8.60 Å². The molecule has 0 N–H and O–H groups in total. The van der Waals surface area contributed by atoms with Crippen LogP contribution in [0.5, 0.6) is 11.5 Å². The van der Waals surface area contributed by atoms with Crippen molar-refractivity contribution < 1.29 is 22.9 Å². The Kier molecular flexibility index (Phi) is 7.53. The summed E-state index contributed by atoms with van der Waals surface area (Å²) in [6, 6.07) is 11.9. The SMILES string of the molecule is CCOc1cc2c(cc1Cl)N(S(C)=O)CC(C(=O)N1CCC(C#N)(Cc3ccc(F)cc3)CC1)O2. The molecule has 1 amide bonds. The van der Waals surface area contributed by atoms with Crippen molar-refractivity contribution in [2.45, 2.75) is 32.3 Å². The highest BCUT2D eigenvalue weighted by molar-refractivity contribution is 7.85. The Bertz CT molecular complexity index is 1160. The van der Waals surface area contributed by atoms with Gasteiger partial charge in [0.2, 0.25) is 0 Å². The minimum atomic E-state index is -1.40. The van der Waals surface area contributed by atoms with E-state index in [-0.39, 0.29) is 18.3 Å². The second-order valence-corrected chi connectivity index (χ2v) is 10.5. The lowest BCUT2D eigenvalue weighted by molar-refractivity contribution is -0.140. The fourth-order valence-corrected chi connectivity index (χ4v) is 5.55. The molecule has 1 fully saturated rings. The fraction of sp³-hybridized carbons (Fsp3) is 0.440. The number of nitrogens with zero attached hydrogens (tertiary/aromatic N) is 3. The number of likely N-dealkylation sites (tertiary alicyclic amines) is 1. The molecule has 0 aromatic heterocycles. The number of halogens is 2. The summed E-state index contributed by atoms with van der Waals surface area (Å²) in [6.45, 7) is 3.18. The van der Waals surface area contributed by atoms with E-state index in [1.54, 1.807) is 39.7 Å². The first-order valence-electron chi connectivity index (χ1n) is 11.4. The number of fused-ring (bicyclic) bond motifs is 1. The molecular formula is C25H27ClFN3O4S. The Morgan fingerprint density at radius 2 is 2.00 bits per heavy atom. The largest absolute Gasteiger partial charge is 0.492 e. The maximum absolute atomic E-state index is 13.4. The van der Waals surface area contributed by atoms with Gasteiger partial charge in [0.15, 0.2) is 6.10 Å². The van der Waals surface area contributed by atoms with E-state index in [0.29, 0.717) is 61.2 Å². The second-order valence-electron chi connectivity index (χ2n) is 8.80. The van der Waals surface area contributed by atoms with Crippen LogP contribution in [0, 0.1) is 22.6 Å². The van der Waals surface area contributed by atoms with Crippen LogP contribution in [-0.2, 0) is 22.2 Å². The monoisotopic (exact) mass is 519 g/mol. The zero-order valence-corrected chi connectivity index (χ0v) is 21.2. The lowest BCUT2D eigenvalue weighted by Gasteiger charge is -2.40. The van der Waals surface area contributed by atoms with E-state index in [4.69, 9.17) is 21.1 Å². The van der Waals surface area contributed by atoms with E-state index in [1.165, 1.54) is 12.1 Å². The molecular weight excluding hydrogens is 493 g/mol. The van der Waals surface area contributed by atoms with E-state index in [0.717, 1.165) is 5.56 Å². The van der Waals surface area contributed by atoms with Crippen molar-refractivity contribution in [1.82, 2.24) is 4.90 Å². The molecule has 35 heavy (non-hydrogen) atoms. The molecule has 2 unspecified atom stereocenters. The van der Waals surface area contributed by atoms with Gasteiger partial charge in [0.1, 0.15) is 28.3 Å². The van der Waals surface area contributed by atoms with Crippen molar-refractivity contribution >= 4 is 34.2 Å². The van der Waals surface area contributed by atoms with E-state index in [9.17, 15) is 18.7 Å². The molecule has 0 radical (unpaired) electrons. The van der Waals surface area contributed by atoms with Crippen LogP contribution in [0.3, 0.4) is 0 Å². The van der Waals surface area contributed by atoms with Gasteiger partial charge in [0, 0.05) is 25.4 Å². The van der Waals surface area contributed by atoms with Crippen molar-refractivity contribution in [1.29, 1.82) is 5.26 Å². The highest BCUT2D eigenvalue weighted by Crippen LogP contribution is 2.42. The Morgan fingerprint density at radius 1 is 1.31 bits per heavy atom. The fourth-order valence-electron chi connectivity index (χ4n) is 4.57. The minimum absolute atomic E-state index is 0.120. The van der Waals surface area contributed by atoms with Crippen molar-refractivity contribution in [3.63, 3.8) is 0 Å². The zero-order chi connectivity index (χ0) is 25.2. The summed E-state index contributed by atoms with van der Waals surface area (Å²) in [5.41, 5.74) is 0.823. The van der Waals surface area contributed by atoms with Gasteiger partial charge in [-0.2, -0.15) is 5.26 Å². The number of benzene rings is 2. The molecule has 0 spiro atoms. The Hall–Kier alpha value is -2.83. The predicted octanol–water partition coefficient (Wildman–Crippen LogP) is 4.11. The topological polar surface area (TPSA) is 82.9 Å². The van der Waals surface area contributed by atoms with Gasteiger partial charge in [-0.3, -0.25) is 9.10 Å². The Labute approximate surface area is 212 Å². The Morgan fingerprint density at radius 3 is 2.60 bits per heavy atom. The average Bonchev–Trinajstić information content (AvgIpc) is 2.85. The number of hydrogen-bond acceptors (Lipinski definition) is 5. The van der Waals surface area contributed by atoms with Gasteiger partial charge in [-0.05, 0) is 49.9 Å². The standard InChI is InChI=1S/C25H27ClFN3O4S/c1-3-33-21-13-22-20(12-19(21)26)30(35(2)32)15-23(34-22)24(31)29-10-8-25(16-28,9-11-29)14-17-4-6-18(27)7-5-17/h4-7,12-13,23H,3,8-11,14-15H2,1-2H3. The first kappa shape index (κ1) is 25.3. The quantitative estimate of drug-likeness (QED) is 0.573. The molecule has 2 aromatic rings. The lowest BCUT2D eigenvalue weighted by atomic mass is 9.75. The third-order valence-electron chi connectivity index (χ3n) is 6.49. The van der Waals surface area contributed by atoms with Crippen LogP contribution in [0.2, 0.25) is 5.02 Å². The van der Waals surface area contributed by atoms with Crippen LogP contribution < -0.4 is 13.8 Å². The highest BCUT2D eigenvalue weighted by atomic mass is 35.5. The molecule has 2 aromatic carbocycles. The number of carbonyl (C=O) groups is 1. The molecule has 1 saturated heterocycles. The van der Waals surface area contributed by atoms with Crippen molar-refractivity contribution in [2.75, 3.05) is 36.8 Å². The molecule has 2 heterocycles. The molecule has 7 nitrogen and oxygen atoms in total. The number of amides is 1. The number of piperidine rings is 1. The normalized spacial score (nSPS) is 19.8. The van der Waals surface area contributed by atoms with Crippen LogP contribution in [0.1, 0.15) is 25.3 Å². The lowest BCUT2D eigenvalue weighted by Crippen LogP contribution is -2.53. The van der Waals surface area contributed by atoms with Crippen LogP contribution >= 0.6 is 11.6 Å². The summed E-state index contributed by atoms with van der Waals surface area (Å²) in [5, 5.41) is 10.3. The Balaban J connectivity index is 1.48. The number of hydrogen-bond donors (Lipinski definition) is 0. The number of nitriles is 1. The average molecular weight is 520 g/mol. The number of anilines is 1. The third-order valence-corrected chi connectivity index (χ3v) is 7.76. The first-order valence-corrected chi connectivity index (χ1v) is 13.3. The van der Waals surface area contributed by atoms with Crippen LogP contribution in [-0.4, -0.2) is 53.6 Å². The minimum Gasteiger partial charge on any atom is -0.492 e. The van der Waals surface area contributed by atoms with E-state index < -0.39 is 22.5 Å². The van der Waals surface area contributed by atoms with Gasteiger partial charge in [-0.1, -0.05) is 23.7 Å². The third kappa shape index (κ3) is 5.39. The summed E-state index contributed by atoms with van der Waals surface area (Å²) in [5.74, 6) is 0.289. The molecule has 10 heteroatoms. The van der Waals surface area contributed by atoms with Gasteiger partial charge >= 0.3 is 0 Å². The molecule has 0 saturated carbocycles. The van der Waals surface area contributed by atoms with E-state index in [2.05, 4.69) is 6.07 Å².